The molecule has 1 aliphatic rings. The molecule has 0 N–H and O–H groups in total. The first-order chi connectivity index (χ1) is 12.0. The lowest BCUT2D eigenvalue weighted by molar-refractivity contribution is -0.121. The monoisotopic (exact) mass is 397 g/mol. The van der Waals surface area contributed by atoms with E-state index in [1.807, 2.05) is 24.3 Å². The summed E-state index contributed by atoms with van der Waals surface area (Å²) in [6.07, 6.45) is 1.79. The van der Waals surface area contributed by atoms with Crippen LogP contribution in [-0.2, 0) is 16.0 Å². The number of amides is 1. The average Bonchev–Trinajstić information content (AvgIpc) is 2.62. The average molecular weight is 399 g/mol. The van der Waals surface area contributed by atoms with Gasteiger partial charge in [-0.1, -0.05) is 53.0 Å². The number of carbonyl (C=O) groups excluding carboxylic acids is 2. The molecule has 0 saturated carbocycles. The highest BCUT2D eigenvalue weighted by Gasteiger charge is 2.25. The van der Waals surface area contributed by atoms with Gasteiger partial charge in [-0.3, -0.25) is 4.79 Å². The van der Waals surface area contributed by atoms with Gasteiger partial charge in [0.2, 0.25) is 0 Å². The Balaban J connectivity index is 1.72. The number of fused-ring (bicyclic) bond motifs is 1. The minimum absolute atomic E-state index is 0.00920. The molecule has 0 fully saturated rings. The van der Waals surface area contributed by atoms with Crippen molar-refractivity contribution in [2.75, 3.05) is 18.1 Å². The Morgan fingerprint density at radius 3 is 2.56 bits per heavy atom. The van der Waals surface area contributed by atoms with Crippen LogP contribution in [0.4, 0.5) is 5.69 Å². The normalized spacial score (nSPS) is 13.3. The Hall–Kier alpha value is -1.75. The minimum atomic E-state index is -0.781. The van der Waals surface area contributed by atoms with Crippen molar-refractivity contribution in [1.82, 2.24) is 0 Å². The molecule has 0 unspecified atom stereocenters. The molecule has 7 heteroatoms. The summed E-state index contributed by atoms with van der Waals surface area (Å²) >= 11 is 17.9. The summed E-state index contributed by atoms with van der Waals surface area (Å²) in [4.78, 5) is 26.4. The summed E-state index contributed by atoms with van der Waals surface area (Å²) in [5.74, 6) is -1.08. The van der Waals surface area contributed by atoms with Gasteiger partial charge in [0.1, 0.15) is 0 Å². The van der Waals surface area contributed by atoms with Crippen molar-refractivity contribution in [2.24, 2.45) is 0 Å². The molecule has 1 heterocycles. The number of carbonyl (C=O) groups is 2. The van der Waals surface area contributed by atoms with Gasteiger partial charge >= 0.3 is 5.97 Å². The summed E-state index contributed by atoms with van der Waals surface area (Å²) in [6.45, 7) is 0.193. The molecular formula is C18H14Cl3NO3. The number of nitrogens with zero attached hydrogens (tertiary/aromatic N) is 1. The van der Waals surface area contributed by atoms with Crippen molar-refractivity contribution in [1.29, 1.82) is 0 Å². The third kappa shape index (κ3) is 3.76. The molecule has 0 bridgehead atoms. The van der Waals surface area contributed by atoms with Crippen LogP contribution >= 0.6 is 34.8 Å². The Kier molecular flexibility index (Phi) is 5.52. The number of hydrogen-bond acceptors (Lipinski definition) is 3. The van der Waals surface area contributed by atoms with Crippen LogP contribution in [-0.4, -0.2) is 25.0 Å². The fourth-order valence-electron chi connectivity index (χ4n) is 2.78. The van der Waals surface area contributed by atoms with Crippen molar-refractivity contribution < 1.29 is 14.3 Å². The number of hydrogen-bond donors (Lipinski definition) is 0. The summed E-state index contributed by atoms with van der Waals surface area (Å²) in [7, 11) is 0. The van der Waals surface area contributed by atoms with E-state index in [-0.39, 0.29) is 26.5 Å². The van der Waals surface area contributed by atoms with E-state index in [1.165, 1.54) is 12.1 Å². The molecule has 0 spiro atoms. The fourth-order valence-corrected chi connectivity index (χ4v) is 3.47. The van der Waals surface area contributed by atoms with E-state index in [1.54, 1.807) is 4.90 Å². The second-order valence-electron chi connectivity index (χ2n) is 5.57. The number of anilines is 1. The van der Waals surface area contributed by atoms with Crippen LogP contribution in [0.15, 0.2) is 36.4 Å². The van der Waals surface area contributed by atoms with Crippen molar-refractivity contribution in [3.63, 3.8) is 0 Å². The van der Waals surface area contributed by atoms with Gasteiger partial charge in [0, 0.05) is 12.2 Å². The van der Waals surface area contributed by atoms with E-state index in [0.717, 1.165) is 24.1 Å². The topological polar surface area (TPSA) is 46.6 Å². The van der Waals surface area contributed by atoms with Gasteiger partial charge in [-0.15, -0.1) is 0 Å². The lowest BCUT2D eigenvalue weighted by Gasteiger charge is -2.29. The van der Waals surface area contributed by atoms with Crippen LogP contribution in [0.3, 0.4) is 0 Å². The van der Waals surface area contributed by atoms with E-state index in [2.05, 4.69) is 0 Å². The molecule has 0 aromatic heterocycles. The van der Waals surface area contributed by atoms with Crippen molar-refractivity contribution in [2.45, 2.75) is 12.8 Å². The van der Waals surface area contributed by atoms with Gasteiger partial charge in [0.25, 0.3) is 5.91 Å². The predicted molar refractivity (Wildman–Crippen MR) is 98.9 cm³/mol. The van der Waals surface area contributed by atoms with Gasteiger partial charge in [-0.05, 0) is 36.6 Å². The van der Waals surface area contributed by atoms with Crippen LogP contribution in [0.1, 0.15) is 22.3 Å². The standard InChI is InChI=1S/C18H14Cl3NO3/c19-12-7-8-13(20)17(21)16(12)18(24)25-10-15(23)22-9-3-5-11-4-1-2-6-14(11)22/h1-2,4,6-8H,3,5,9-10H2. The maximum Gasteiger partial charge on any atom is 0.341 e. The highest BCUT2D eigenvalue weighted by Crippen LogP contribution is 2.32. The maximum absolute atomic E-state index is 12.5. The second kappa shape index (κ2) is 7.65. The first kappa shape index (κ1) is 18.1. The summed E-state index contributed by atoms with van der Waals surface area (Å²) in [5.41, 5.74) is 1.92. The largest absolute Gasteiger partial charge is 0.452 e. The van der Waals surface area contributed by atoms with E-state index >= 15 is 0 Å². The highest BCUT2D eigenvalue weighted by molar-refractivity contribution is 6.46. The minimum Gasteiger partial charge on any atom is -0.452 e. The Bertz CT molecular complexity index is 838. The highest BCUT2D eigenvalue weighted by atomic mass is 35.5. The zero-order valence-electron chi connectivity index (χ0n) is 13.1. The Morgan fingerprint density at radius 1 is 1.04 bits per heavy atom. The van der Waals surface area contributed by atoms with Crippen LogP contribution in [0.5, 0.6) is 0 Å². The van der Waals surface area contributed by atoms with Crippen molar-refractivity contribution >= 4 is 52.4 Å². The van der Waals surface area contributed by atoms with Crippen LogP contribution in [0.2, 0.25) is 15.1 Å². The first-order valence-electron chi connectivity index (χ1n) is 7.68. The molecule has 1 amide bonds. The molecule has 130 valence electrons. The van der Waals surface area contributed by atoms with Crippen molar-refractivity contribution in [3.8, 4) is 0 Å². The molecule has 25 heavy (non-hydrogen) atoms. The third-order valence-electron chi connectivity index (χ3n) is 3.99. The lowest BCUT2D eigenvalue weighted by atomic mass is 10.0. The number of rotatable bonds is 3. The third-order valence-corrected chi connectivity index (χ3v) is 5.11. The molecular weight excluding hydrogens is 385 g/mol. The first-order valence-corrected chi connectivity index (χ1v) is 8.81. The zero-order valence-corrected chi connectivity index (χ0v) is 15.4. The van der Waals surface area contributed by atoms with Gasteiger partial charge in [0.05, 0.1) is 20.6 Å². The quantitative estimate of drug-likeness (QED) is 0.552. The molecule has 1 aliphatic heterocycles. The number of benzene rings is 2. The SMILES string of the molecule is O=C(OCC(=O)N1CCCc2ccccc21)c1c(Cl)ccc(Cl)c1Cl. The molecule has 4 nitrogen and oxygen atoms in total. The van der Waals surface area contributed by atoms with Gasteiger partial charge in [-0.25, -0.2) is 4.79 Å². The summed E-state index contributed by atoms with van der Waals surface area (Å²) < 4.78 is 5.12. The molecule has 0 saturated heterocycles. The van der Waals surface area contributed by atoms with Crippen molar-refractivity contribution in [3.05, 3.63) is 62.6 Å². The lowest BCUT2D eigenvalue weighted by Crippen LogP contribution is -2.38. The van der Waals surface area contributed by atoms with E-state index < -0.39 is 12.6 Å². The van der Waals surface area contributed by atoms with E-state index in [4.69, 9.17) is 39.5 Å². The molecule has 0 radical (unpaired) electrons. The van der Waals surface area contributed by atoms with Crippen LogP contribution < -0.4 is 4.90 Å². The Labute approximate surface area is 160 Å². The number of para-hydroxylation sites is 1. The zero-order chi connectivity index (χ0) is 18.0. The van der Waals surface area contributed by atoms with E-state index in [0.29, 0.717) is 6.54 Å². The van der Waals surface area contributed by atoms with Crippen LogP contribution in [0.25, 0.3) is 0 Å². The second-order valence-corrected chi connectivity index (χ2v) is 6.76. The molecule has 3 rings (SSSR count). The summed E-state index contributed by atoms with van der Waals surface area (Å²) in [6, 6.07) is 10.6. The predicted octanol–water partition coefficient (Wildman–Crippen LogP) is 4.78. The maximum atomic E-state index is 12.5. The number of aryl methyl sites for hydroxylation is 1. The smallest absolute Gasteiger partial charge is 0.341 e. The summed E-state index contributed by atoms with van der Waals surface area (Å²) in [5, 5.41) is 0.319. The van der Waals surface area contributed by atoms with Gasteiger partial charge < -0.3 is 9.64 Å². The number of ether oxygens (including phenoxy) is 1. The van der Waals surface area contributed by atoms with E-state index in [9.17, 15) is 9.59 Å². The number of halogens is 3. The van der Waals surface area contributed by atoms with Gasteiger partial charge in [-0.2, -0.15) is 0 Å². The molecule has 0 aliphatic carbocycles. The fraction of sp³-hybridized carbons (Fsp3) is 0.222. The van der Waals surface area contributed by atoms with Crippen LogP contribution in [0, 0.1) is 0 Å². The Morgan fingerprint density at radius 2 is 1.76 bits per heavy atom. The molecule has 2 aromatic carbocycles. The molecule has 2 aromatic rings. The van der Waals surface area contributed by atoms with Gasteiger partial charge in [0.15, 0.2) is 6.61 Å². The molecule has 0 atom stereocenters. The number of esters is 1.